The number of hydrogen-bond acceptors (Lipinski definition) is 8. The summed E-state index contributed by atoms with van der Waals surface area (Å²) in [6, 6.07) is 7.49. The lowest BCUT2D eigenvalue weighted by molar-refractivity contribution is -0.236. The quantitative estimate of drug-likeness (QED) is 0.500. The van der Waals surface area contributed by atoms with E-state index in [1.165, 1.54) is 25.3 Å². The van der Waals surface area contributed by atoms with E-state index < -0.39 is 17.7 Å². The fraction of sp³-hybridized carbons (Fsp3) is 0.333. The molecule has 0 bridgehead atoms. The Hall–Kier alpha value is -3.41. The largest absolute Gasteiger partial charge is 0.481 e. The maximum atomic E-state index is 13.5. The number of aromatic nitrogens is 4. The molecular formula is C21H21FN4O6. The normalized spacial score (nSPS) is 20.8. The van der Waals surface area contributed by atoms with Crippen LogP contribution in [0, 0.1) is 11.2 Å². The van der Waals surface area contributed by atoms with Crippen molar-refractivity contribution in [2.45, 2.75) is 13.2 Å². The third-order valence-corrected chi connectivity index (χ3v) is 4.90. The van der Waals surface area contributed by atoms with Crippen LogP contribution in [0.2, 0.25) is 0 Å². The lowest BCUT2D eigenvalue weighted by atomic mass is 9.92. The number of aliphatic hydroxyl groups is 1. The highest BCUT2D eigenvalue weighted by Crippen LogP contribution is 2.35. The molecule has 0 unspecified atom stereocenters. The van der Waals surface area contributed by atoms with Crippen LogP contribution in [0.4, 0.5) is 4.39 Å². The number of rotatable bonds is 7. The Morgan fingerprint density at radius 1 is 1.25 bits per heavy atom. The van der Waals surface area contributed by atoms with E-state index in [1.807, 2.05) is 0 Å². The molecule has 3 N–H and O–H groups in total. The average molecular weight is 444 g/mol. The van der Waals surface area contributed by atoms with Crippen molar-refractivity contribution in [1.29, 1.82) is 0 Å². The number of aliphatic carboxylic acids is 1. The van der Waals surface area contributed by atoms with Crippen LogP contribution in [0.1, 0.15) is 19.0 Å². The number of halogens is 1. The highest BCUT2D eigenvalue weighted by molar-refractivity contribution is 5.77. The summed E-state index contributed by atoms with van der Waals surface area (Å²) in [5.41, 5.74) is 0.855. The standard InChI is InChI=1S/C21H21FN4O6/c1-21(19(28)29)10-31-18(32-11-21)17-25-15(12-2-4-13(22)5-3-12)16(26-17)14-6-7-23-20(24-14)30-9-8-27/h2-7,18,27H,8-11H2,1H3,(H,25,26)(H,28,29). The minimum atomic E-state index is -1.16. The number of aliphatic hydroxyl groups excluding tert-OH is 1. The van der Waals surface area contributed by atoms with Gasteiger partial charge in [-0.05, 0) is 37.3 Å². The molecule has 1 saturated heterocycles. The highest BCUT2D eigenvalue weighted by atomic mass is 19.1. The summed E-state index contributed by atoms with van der Waals surface area (Å²) in [6.45, 7) is 1.28. The molecule has 11 heteroatoms. The Bertz CT molecular complexity index is 1100. The van der Waals surface area contributed by atoms with Crippen molar-refractivity contribution < 1.29 is 33.6 Å². The summed E-state index contributed by atoms with van der Waals surface area (Å²) in [4.78, 5) is 27.5. The third kappa shape index (κ3) is 4.44. The second kappa shape index (κ2) is 8.99. The number of benzene rings is 1. The minimum absolute atomic E-state index is 0.0363. The lowest BCUT2D eigenvalue weighted by Gasteiger charge is -2.33. The topological polar surface area (TPSA) is 140 Å². The maximum absolute atomic E-state index is 13.5. The van der Waals surface area contributed by atoms with E-state index in [1.54, 1.807) is 18.2 Å². The first-order valence-electron chi connectivity index (χ1n) is 9.79. The summed E-state index contributed by atoms with van der Waals surface area (Å²) in [5, 5.41) is 18.3. The number of ether oxygens (including phenoxy) is 3. The van der Waals surface area contributed by atoms with Crippen LogP contribution in [-0.2, 0) is 14.3 Å². The second-order valence-corrected chi connectivity index (χ2v) is 7.47. The van der Waals surface area contributed by atoms with E-state index >= 15 is 0 Å². The van der Waals surface area contributed by atoms with Crippen molar-refractivity contribution >= 4 is 5.97 Å². The van der Waals surface area contributed by atoms with Gasteiger partial charge in [-0.1, -0.05) is 0 Å². The molecule has 1 aliphatic heterocycles. The Morgan fingerprint density at radius 3 is 2.62 bits per heavy atom. The van der Waals surface area contributed by atoms with E-state index in [0.717, 1.165) is 0 Å². The summed E-state index contributed by atoms with van der Waals surface area (Å²) >= 11 is 0. The number of hydrogen-bond donors (Lipinski definition) is 3. The molecule has 0 saturated carbocycles. The molecular weight excluding hydrogens is 423 g/mol. The van der Waals surface area contributed by atoms with Crippen LogP contribution in [0.15, 0.2) is 36.5 Å². The molecule has 1 aromatic carbocycles. The Balaban J connectivity index is 1.70. The molecule has 1 aliphatic rings. The van der Waals surface area contributed by atoms with Crippen LogP contribution < -0.4 is 4.74 Å². The molecule has 3 heterocycles. The molecule has 1 fully saturated rings. The Morgan fingerprint density at radius 2 is 1.97 bits per heavy atom. The summed E-state index contributed by atoms with van der Waals surface area (Å²) in [6.07, 6.45) is 0.581. The first kappa shape index (κ1) is 21.8. The van der Waals surface area contributed by atoms with Crippen LogP contribution in [0.25, 0.3) is 22.6 Å². The fourth-order valence-corrected chi connectivity index (χ4v) is 3.08. The first-order chi connectivity index (χ1) is 15.4. The molecule has 3 aromatic rings. The van der Waals surface area contributed by atoms with Crippen molar-refractivity contribution in [1.82, 2.24) is 19.9 Å². The van der Waals surface area contributed by atoms with Crippen LogP contribution >= 0.6 is 0 Å². The van der Waals surface area contributed by atoms with Crippen molar-refractivity contribution in [3.63, 3.8) is 0 Å². The summed E-state index contributed by atoms with van der Waals surface area (Å²) in [5.74, 6) is -1.10. The Kier molecular flexibility index (Phi) is 6.12. The zero-order valence-electron chi connectivity index (χ0n) is 17.1. The van der Waals surface area contributed by atoms with Gasteiger partial charge in [-0.3, -0.25) is 4.79 Å². The van der Waals surface area contributed by atoms with Gasteiger partial charge in [0, 0.05) is 11.8 Å². The third-order valence-electron chi connectivity index (χ3n) is 4.90. The van der Waals surface area contributed by atoms with Crippen molar-refractivity contribution in [2.75, 3.05) is 26.4 Å². The van der Waals surface area contributed by atoms with Crippen molar-refractivity contribution in [3.8, 4) is 28.7 Å². The maximum Gasteiger partial charge on any atom is 0.317 e. The van der Waals surface area contributed by atoms with E-state index in [-0.39, 0.29) is 38.3 Å². The average Bonchev–Trinajstić information content (AvgIpc) is 3.24. The minimum Gasteiger partial charge on any atom is -0.481 e. The van der Waals surface area contributed by atoms with Gasteiger partial charge in [0.1, 0.15) is 17.8 Å². The number of nitrogens with zero attached hydrogens (tertiary/aromatic N) is 3. The molecule has 0 spiro atoms. The number of aromatic amines is 1. The van der Waals surface area contributed by atoms with Crippen molar-refractivity contribution in [2.24, 2.45) is 5.41 Å². The molecule has 4 rings (SSSR count). The molecule has 168 valence electrons. The van der Waals surface area contributed by atoms with Gasteiger partial charge in [0.15, 0.2) is 5.82 Å². The van der Waals surface area contributed by atoms with E-state index in [0.29, 0.717) is 28.5 Å². The zero-order chi connectivity index (χ0) is 22.7. The number of nitrogens with one attached hydrogen (secondary N) is 1. The number of carbonyl (C=O) groups is 1. The van der Waals surface area contributed by atoms with Crippen LogP contribution in [-0.4, -0.2) is 62.5 Å². The monoisotopic (exact) mass is 444 g/mol. The van der Waals surface area contributed by atoms with Gasteiger partial charge in [-0.2, -0.15) is 4.98 Å². The zero-order valence-corrected chi connectivity index (χ0v) is 17.1. The van der Waals surface area contributed by atoms with Crippen LogP contribution in [0.5, 0.6) is 6.01 Å². The Labute approximate surface area is 182 Å². The second-order valence-electron chi connectivity index (χ2n) is 7.47. The SMILES string of the molecule is CC1(C(=O)O)COC(c2nc(-c3ccc(F)cc3)c(-c3ccnc(OCCO)n3)[nH]2)OC1. The number of imidazole rings is 1. The van der Waals surface area contributed by atoms with E-state index in [9.17, 15) is 14.3 Å². The van der Waals surface area contributed by atoms with Gasteiger partial charge in [0.05, 0.1) is 36.9 Å². The molecule has 32 heavy (non-hydrogen) atoms. The number of carboxylic acids is 1. The predicted molar refractivity (Wildman–Crippen MR) is 108 cm³/mol. The van der Waals surface area contributed by atoms with Crippen LogP contribution in [0.3, 0.4) is 0 Å². The smallest absolute Gasteiger partial charge is 0.317 e. The molecule has 0 atom stereocenters. The lowest BCUT2D eigenvalue weighted by Crippen LogP contribution is -2.42. The summed E-state index contributed by atoms with van der Waals surface area (Å²) in [7, 11) is 0. The number of H-pyrrole nitrogens is 1. The van der Waals surface area contributed by atoms with E-state index in [2.05, 4.69) is 19.9 Å². The molecule has 0 radical (unpaired) electrons. The predicted octanol–water partition coefficient (Wildman–Crippen LogP) is 2.18. The van der Waals surface area contributed by atoms with E-state index in [4.69, 9.17) is 19.3 Å². The van der Waals surface area contributed by atoms with Gasteiger partial charge in [0.2, 0.25) is 6.29 Å². The first-order valence-corrected chi connectivity index (χ1v) is 9.79. The van der Waals surface area contributed by atoms with Gasteiger partial charge in [0.25, 0.3) is 0 Å². The molecule has 0 aliphatic carbocycles. The van der Waals surface area contributed by atoms with Gasteiger partial charge in [-0.25, -0.2) is 14.4 Å². The van der Waals surface area contributed by atoms with Gasteiger partial charge < -0.3 is 29.4 Å². The number of carboxylic acid groups (broad SMARTS) is 1. The molecule has 10 nitrogen and oxygen atoms in total. The van der Waals surface area contributed by atoms with Gasteiger partial charge >= 0.3 is 12.0 Å². The summed E-state index contributed by atoms with van der Waals surface area (Å²) < 4.78 is 30.0. The molecule has 2 aromatic heterocycles. The highest BCUT2D eigenvalue weighted by Gasteiger charge is 2.41. The molecule has 0 amide bonds. The fourth-order valence-electron chi connectivity index (χ4n) is 3.08. The van der Waals surface area contributed by atoms with Crippen molar-refractivity contribution in [3.05, 3.63) is 48.2 Å². The van der Waals surface area contributed by atoms with Gasteiger partial charge in [-0.15, -0.1) is 0 Å².